The smallest absolute Gasteiger partial charge is 0.307 e. The number of nitrogens with zero attached hydrogens (tertiary/aromatic N) is 1. The quantitative estimate of drug-likeness (QED) is 0.804. The van der Waals surface area contributed by atoms with E-state index in [-0.39, 0.29) is 24.8 Å². The van der Waals surface area contributed by atoms with Crippen LogP contribution < -0.4 is 5.32 Å². The van der Waals surface area contributed by atoms with Crippen LogP contribution in [0, 0.1) is 0 Å². The molecule has 0 fully saturated rings. The number of fused-ring (bicyclic) bond motifs is 2. The van der Waals surface area contributed by atoms with Crippen LogP contribution in [-0.4, -0.2) is 41.1 Å². The number of esters is 1. The summed E-state index contributed by atoms with van der Waals surface area (Å²) in [4.78, 5) is 39.4. The first-order valence-corrected chi connectivity index (χ1v) is 10.0. The summed E-state index contributed by atoms with van der Waals surface area (Å²) in [6.45, 7) is 0.853. The van der Waals surface area contributed by atoms with Crippen molar-refractivity contribution in [3.63, 3.8) is 0 Å². The monoisotopic (exact) mass is 396 g/mol. The fourth-order valence-electron chi connectivity index (χ4n) is 3.38. The molecule has 2 aliphatic rings. The first-order chi connectivity index (χ1) is 13.6. The third-order valence-electron chi connectivity index (χ3n) is 4.90. The van der Waals surface area contributed by atoms with Crippen molar-refractivity contribution in [1.29, 1.82) is 0 Å². The molecule has 0 unspecified atom stereocenters. The highest BCUT2D eigenvalue weighted by molar-refractivity contribution is 8.01. The van der Waals surface area contributed by atoms with Gasteiger partial charge in [-0.2, -0.15) is 0 Å². The molecule has 1 atom stereocenters. The molecule has 4 rings (SSSR count). The van der Waals surface area contributed by atoms with Crippen molar-refractivity contribution in [2.45, 2.75) is 29.5 Å². The van der Waals surface area contributed by atoms with E-state index in [1.165, 1.54) is 17.3 Å². The van der Waals surface area contributed by atoms with Gasteiger partial charge < -0.3 is 15.0 Å². The molecule has 2 aromatic carbocycles. The number of carbonyl (C=O) groups excluding carboxylic acids is 3. The number of rotatable bonds is 4. The van der Waals surface area contributed by atoms with Crippen LogP contribution in [0.25, 0.3) is 0 Å². The van der Waals surface area contributed by atoms with Crippen molar-refractivity contribution in [3.05, 3.63) is 59.7 Å². The van der Waals surface area contributed by atoms with Crippen LogP contribution in [0.3, 0.4) is 0 Å². The van der Waals surface area contributed by atoms with E-state index in [0.717, 1.165) is 22.6 Å². The van der Waals surface area contributed by atoms with E-state index >= 15 is 0 Å². The molecule has 2 aromatic rings. The summed E-state index contributed by atoms with van der Waals surface area (Å²) in [5, 5.41) is 2.24. The van der Waals surface area contributed by atoms with Crippen LogP contribution in [-0.2, 0) is 32.1 Å². The van der Waals surface area contributed by atoms with Crippen LogP contribution in [0.4, 0.5) is 5.69 Å². The van der Waals surface area contributed by atoms with Crippen LogP contribution >= 0.6 is 11.8 Å². The van der Waals surface area contributed by atoms with Crippen molar-refractivity contribution in [1.82, 2.24) is 4.90 Å². The van der Waals surface area contributed by atoms with Crippen LogP contribution in [0.1, 0.15) is 17.5 Å². The molecule has 0 spiro atoms. The second kappa shape index (κ2) is 8.06. The number of thioether (sulfide) groups is 1. The van der Waals surface area contributed by atoms with Gasteiger partial charge >= 0.3 is 5.97 Å². The number of anilines is 1. The van der Waals surface area contributed by atoms with Gasteiger partial charge in [0.15, 0.2) is 6.61 Å². The van der Waals surface area contributed by atoms with Crippen LogP contribution in [0.2, 0.25) is 0 Å². The zero-order chi connectivity index (χ0) is 19.5. The Morgan fingerprint density at radius 2 is 1.86 bits per heavy atom. The molecule has 0 radical (unpaired) electrons. The van der Waals surface area contributed by atoms with Crippen molar-refractivity contribution in [2.75, 3.05) is 18.5 Å². The Labute approximate surface area is 167 Å². The Bertz CT molecular complexity index is 930. The fraction of sp³-hybridized carbons (Fsp3) is 0.286. The summed E-state index contributed by atoms with van der Waals surface area (Å²) >= 11 is 1.34. The molecule has 144 valence electrons. The second-order valence-corrected chi connectivity index (χ2v) is 8.04. The largest absolute Gasteiger partial charge is 0.456 e. The lowest BCUT2D eigenvalue weighted by Gasteiger charge is -2.28. The molecule has 1 N–H and O–H groups in total. The molecule has 7 heteroatoms. The van der Waals surface area contributed by atoms with E-state index in [0.29, 0.717) is 13.1 Å². The van der Waals surface area contributed by atoms with Gasteiger partial charge in [-0.25, -0.2) is 0 Å². The molecule has 0 saturated heterocycles. The summed E-state index contributed by atoms with van der Waals surface area (Å²) in [5.74, 6) is -0.980. The molecule has 0 saturated carbocycles. The number of hydrogen-bond donors (Lipinski definition) is 1. The molecule has 2 amide bonds. The first kappa shape index (κ1) is 18.6. The van der Waals surface area contributed by atoms with Crippen molar-refractivity contribution in [3.8, 4) is 0 Å². The van der Waals surface area contributed by atoms with E-state index in [9.17, 15) is 14.4 Å². The predicted molar refractivity (Wildman–Crippen MR) is 106 cm³/mol. The van der Waals surface area contributed by atoms with Gasteiger partial charge in [0.05, 0.1) is 17.4 Å². The Hall–Kier alpha value is -2.80. The summed E-state index contributed by atoms with van der Waals surface area (Å²) in [7, 11) is 0. The minimum Gasteiger partial charge on any atom is -0.456 e. The number of ether oxygens (including phenoxy) is 1. The predicted octanol–water partition coefficient (Wildman–Crippen LogP) is 2.62. The standard InChI is InChI=1S/C21H20N2O4S/c24-19(23-10-9-14-5-1-2-6-15(14)12-23)13-27-20(25)11-18-21(26)22-16-7-3-4-8-17(16)28-18/h1-8,18H,9-13H2,(H,22,26)/t18-/m1/s1. The third-order valence-corrected chi connectivity index (χ3v) is 6.17. The molecule has 0 aromatic heterocycles. The van der Waals surface area contributed by atoms with E-state index in [1.54, 1.807) is 4.90 Å². The van der Waals surface area contributed by atoms with Gasteiger partial charge in [-0.05, 0) is 29.7 Å². The average Bonchev–Trinajstić information content (AvgIpc) is 2.72. The number of para-hydroxylation sites is 1. The van der Waals surface area contributed by atoms with Crippen LogP contribution in [0.5, 0.6) is 0 Å². The number of hydrogen-bond acceptors (Lipinski definition) is 5. The highest BCUT2D eigenvalue weighted by Crippen LogP contribution is 2.36. The minimum atomic E-state index is -0.556. The van der Waals surface area contributed by atoms with Gasteiger partial charge in [0.1, 0.15) is 0 Å². The number of nitrogens with one attached hydrogen (secondary N) is 1. The second-order valence-electron chi connectivity index (χ2n) is 6.79. The van der Waals surface area contributed by atoms with Crippen molar-refractivity contribution >= 4 is 35.2 Å². The molecule has 2 aliphatic heterocycles. The fourth-order valence-corrected chi connectivity index (χ4v) is 4.47. The Morgan fingerprint density at radius 1 is 1.11 bits per heavy atom. The highest BCUT2D eigenvalue weighted by Gasteiger charge is 2.30. The third kappa shape index (κ3) is 4.04. The lowest BCUT2D eigenvalue weighted by molar-refractivity contribution is -0.152. The highest BCUT2D eigenvalue weighted by atomic mass is 32.2. The normalized spacial score (nSPS) is 17.9. The summed E-state index contributed by atoms with van der Waals surface area (Å²) in [5.41, 5.74) is 3.13. The molecule has 0 bridgehead atoms. The maximum absolute atomic E-state index is 12.4. The summed E-state index contributed by atoms with van der Waals surface area (Å²) in [6.07, 6.45) is 0.731. The van der Waals surface area contributed by atoms with E-state index < -0.39 is 11.2 Å². The zero-order valence-electron chi connectivity index (χ0n) is 15.2. The maximum Gasteiger partial charge on any atom is 0.307 e. The van der Waals surface area contributed by atoms with Gasteiger partial charge in [-0.3, -0.25) is 14.4 Å². The van der Waals surface area contributed by atoms with Crippen LogP contribution in [0.15, 0.2) is 53.4 Å². The van der Waals surface area contributed by atoms with Gasteiger partial charge in [0, 0.05) is 18.0 Å². The van der Waals surface area contributed by atoms with Gasteiger partial charge in [-0.1, -0.05) is 36.4 Å². The Balaban J connectivity index is 1.28. The first-order valence-electron chi connectivity index (χ1n) is 9.17. The van der Waals surface area contributed by atoms with Gasteiger partial charge in [-0.15, -0.1) is 11.8 Å². The molecular weight excluding hydrogens is 376 g/mol. The van der Waals surface area contributed by atoms with Crippen molar-refractivity contribution < 1.29 is 19.1 Å². The number of benzene rings is 2. The number of amides is 2. The lowest BCUT2D eigenvalue weighted by atomic mass is 10.00. The maximum atomic E-state index is 12.4. The lowest BCUT2D eigenvalue weighted by Crippen LogP contribution is -2.39. The molecular formula is C21H20N2O4S. The van der Waals surface area contributed by atoms with E-state index in [1.807, 2.05) is 42.5 Å². The van der Waals surface area contributed by atoms with Crippen molar-refractivity contribution in [2.24, 2.45) is 0 Å². The zero-order valence-corrected chi connectivity index (χ0v) is 16.0. The summed E-state index contributed by atoms with van der Waals surface area (Å²) in [6, 6.07) is 15.5. The van der Waals surface area contributed by atoms with E-state index in [4.69, 9.17) is 4.74 Å². The molecule has 2 heterocycles. The molecule has 28 heavy (non-hydrogen) atoms. The van der Waals surface area contributed by atoms with Gasteiger partial charge in [0.2, 0.25) is 5.91 Å². The van der Waals surface area contributed by atoms with E-state index in [2.05, 4.69) is 11.4 Å². The SMILES string of the molecule is O=C(C[C@H]1Sc2ccccc2NC1=O)OCC(=O)N1CCc2ccccc2C1. The Morgan fingerprint density at radius 3 is 2.71 bits per heavy atom. The Kier molecular flexibility index (Phi) is 5.34. The molecule has 0 aliphatic carbocycles. The topological polar surface area (TPSA) is 75.7 Å². The molecule has 6 nitrogen and oxygen atoms in total. The number of carbonyl (C=O) groups is 3. The summed E-state index contributed by atoms with van der Waals surface area (Å²) < 4.78 is 5.16. The minimum absolute atomic E-state index is 0.0685. The van der Waals surface area contributed by atoms with Gasteiger partial charge in [0.25, 0.3) is 5.91 Å². The average molecular weight is 396 g/mol.